The number of benzene rings is 3. The number of rotatable bonds is 11. The second-order valence-electron chi connectivity index (χ2n) is 14.6. The molecule has 310 valence electrons. The Morgan fingerprint density at radius 3 is 2.41 bits per heavy atom. The Morgan fingerprint density at radius 1 is 1.07 bits per heavy atom. The summed E-state index contributed by atoms with van der Waals surface area (Å²) in [5, 5.41) is 10.1. The van der Waals surface area contributed by atoms with E-state index >= 15 is 8.78 Å². The van der Waals surface area contributed by atoms with E-state index in [2.05, 4.69) is 25.2 Å². The first-order valence-electron chi connectivity index (χ1n) is 17.6. The van der Waals surface area contributed by atoms with Crippen molar-refractivity contribution in [3.8, 4) is 5.69 Å². The molecule has 6 aromatic rings. The van der Waals surface area contributed by atoms with Gasteiger partial charge in [-0.15, -0.1) is 0 Å². The molecule has 0 saturated heterocycles. The third-order valence-electron chi connectivity index (χ3n) is 10.3. The van der Waals surface area contributed by atoms with E-state index in [1.807, 2.05) is 0 Å². The van der Waals surface area contributed by atoms with Crippen LogP contribution < -0.4 is 15.6 Å². The third-order valence-corrected chi connectivity index (χ3v) is 11.2. The Morgan fingerprint density at radius 2 is 1.76 bits per heavy atom. The van der Waals surface area contributed by atoms with Crippen LogP contribution >= 0.6 is 11.6 Å². The van der Waals surface area contributed by atoms with Crippen LogP contribution in [0.2, 0.25) is 5.02 Å². The molecular weight excluding hydrogens is 840 g/mol. The number of aryl methyl sites for hydroxylation is 1. The second-order valence-corrected chi connectivity index (χ2v) is 16.8. The third kappa shape index (κ3) is 7.06. The van der Waals surface area contributed by atoms with Crippen LogP contribution in [0, 0.1) is 17.6 Å². The van der Waals surface area contributed by atoms with Gasteiger partial charge in [0.05, 0.1) is 44.8 Å². The lowest BCUT2D eigenvalue weighted by atomic mass is 10.0. The quantitative estimate of drug-likeness (QED) is 0.132. The van der Waals surface area contributed by atoms with Gasteiger partial charge in [-0.1, -0.05) is 17.7 Å². The number of carbonyl (C=O) groups excluding carboxylic acids is 1. The lowest BCUT2D eigenvalue weighted by molar-refractivity contribution is -0.123. The fourth-order valence-electron chi connectivity index (χ4n) is 7.85. The van der Waals surface area contributed by atoms with E-state index in [4.69, 9.17) is 11.6 Å². The van der Waals surface area contributed by atoms with Crippen molar-refractivity contribution >= 4 is 55.2 Å². The van der Waals surface area contributed by atoms with Gasteiger partial charge in [0.15, 0.2) is 5.82 Å². The van der Waals surface area contributed by atoms with Gasteiger partial charge in [-0.3, -0.25) is 28.2 Å². The molecule has 0 spiro atoms. The van der Waals surface area contributed by atoms with Crippen LogP contribution in [0.3, 0.4) is 0 Å². The molecule has 2 aliphatic rings. The van der Waals surface area contributed by atoms with Gasteiger partial charge in [0, 0.05) is 43.5 Å². The lowest BCUT2D eigenvalue weighted by Gasteiger charge is -2.24. The first-order chi connectivity index (χ1) is 27.5. The Bertz CT molecular complexity index is 2910. The molecule has 1 fully saturated rings. The lowest BCUT2D eigenvalue weighted by Crippen LogP contribution is -2.38. The molecule has 1 amide bonds. The number of nitrogens with one attached hydrogen (secondary N) is 2. The molecule has 1 unspecified atom stereocenters. The summed E-state index contributed by atoms with van der Waals surface area (Å²) in [4.78, 5) is 33.2. The average molecular weight is 869 g/mol. The van der Waals surface area contributed by atoms with Gasteiger partial charge in [-0.2, -0.15) is 19.0 Å². The number of halogens is 9. The molecule has 0 aliphatic heterocycles. The molecule has 59 heavy (non-hydrogen) atoms. The van der Waals surface area contributed by atoms with Gasteiger partial charge in [0.2, 0.25) is 15.9 Å². The number of hydrogen-bond acceptors (Lipinski definition) is 7. The minimum absolute atomic E-state index is 0.00912. The normalized spacial score (nSPS) is 17.7. The predicted octanol–water partition coefficient (Wildman–Crippen LogP) is 7.13. The number of carbonyl (C=O) groups is 1. The summed E-state index contributed by atoms with van der Waals surface area (Å²) in [6.07, 6.45) is -3.01. The monoisotopic (exact) mass is 868 g/mol. The zero-order valence-corrected chi connectivity index (χ0v) is 32.2. The van der Waals surface area contributed by atoms with Crippen LogP contribution in [0.4, 0.5) is 40.9 Å². The highest BCUT2D eigenvalue weighted by molar-refractivity contribution is 7.92. The molecule has 2 aliphatic carbocycles. The van der Waals surface area contributed by atoms with Crippen LogP contribution in [0.25, 0.3) is 27.5 Å². The number of amides is 1. The standard InChI is InChI=1S/C37H29ClF8N8O4S/c1-36(43,44)16-4-5-19-23(11-16)48-34(54(35(19)56)25-7-6-22(38)28-30(25)52(2)50-33(28)51-59(3,57)58)24(10-15-8-17(39)12-18(40)9-15)47-26(55)14-53-31-27(29(49-53)32(41)42)20-13-21(20)37(31,45)46/h4-9,11-12,20-21,24,32H,10,13-14H2,1-3H3,(H,47,55)(H,50,51)/t20-,21+,24?/m0/s1. The summed E-state index contributed by atoms with van der Waals surface area (Å²) in [5.74, 6) is -13.1. The van der Waals surface area contributed by atoms with Crippen molar-refractivity contribution in [1.82, 2.24) is 34.4 Å². The van der Waals surface area contributed by atoms with Crippen molar-refractivity contribution < 1.29 is 48.3 Å². The zero-order valence-electron chi connectivity index (χ0n) is 30.7. The van der Waals surface area contributed by atoms with Crippen LogP contribution in [-0.2, 0) is 46.7 Å². The Hall–Kier alpha value is -5.57. The largest absolute Gasteiger partial charge is 0.344 e. The smallest absolute Gasteiger partial charge is 0.293 e. The summed E-state index contributed by atoms with van der Waals surface area (Å²) in [5.41, 5.74) is -4.11. The second kappa shape index (κ2) is 13.7. The first-order valence-corrected chi connectivity index (χ1v) is 19.9. The zero-order chi connectivity index (χ0) is 42.7. The molecule has 3 aromatic heterocycles. The van der Waals surface area contributed by atoms with Crippen molar-refractivity contribution in [2.45, 2.75) is 56.5 Å². The van der Waals surface area contributed by atoms with Crippen LogP contribution in [0.5, 0.6) is 0 Å². The molecule has 3 aromatic carbocycles. The highest BCUT2D eigenvalue weighted by Crippen LogP contribution is 2.68. The predicted molar refractivity (Wildman–Crippen MR) is 198 cm³/mol. The fourth-order valence-corrected chi connectivity index (χ4v) is 8.59. The molecule has 22 heteroatoms. The number of fused-ring (bicyclic) bond motifs is 5. The van der Waals surface area contributed by atoms with Gasteiger partial charge in [-0.25, -0.2) is 39.7 Å². The van der Waals surface area contributed by atoms with E-state index in [0.29, 0.717) is 17.7 Å². The van der Waals surface area contributed by atoms with Gasteiger partial charge in [0.25, 0.3) is 23.8 Å². The summed E-state index contributed by atoms with van der Waals surface area (Å²) in [7, 11) is -2.57. The summed E-state index contributed by atoms with van der Waals surface area (Å²) in [6.45, 7) is -0.458. The van der Waals surface area contributed by atoms with Gasteiger partial charge >= 0.3 is 0 Å². The Kier molecular flexibility index (Phi) is 9.37. The van der Waals surface area contributed by atoms with Crippen molar-refractivity contribution in [3.63, 3.8) is 0 Å². The number of sulfonamides is 1. The molecule has 8 rings (SSSR count). The van der Waals surface area contributed by atoms with Gasteiger partial charge in [0.1, 0.15) is 35.4 Å². The molecule has 0 radical (unpaired) electrons. The van der Waals surface area contributed by atoms with Crippen molar-refractivity contribution in [1.29, 1.82) is 0 Å². The average Bonchev–Trinajstić information content (AvgIpc) is 3.66. The maximum Gasteiger partial charge on any atom is 0.293 e. The summed E-state index contributed by atoms with van der Waals surface area (Å²) < 4.78 is 147. The van der Waals surface area contributed by atoms with E-state index in [-0.39, 0.29) is 55.9 Å². The number of alkyl halides is 6. The van der Waals surface area contributed by atoms with Crippen molar-refractivity contribution in [2.75, 3.05) is 11.0 Å². The van der Waals surface area contributed by atoms with Crippen LogP contribution in [-0.4, -0.2) is 49.7 Å². The Balaban J connectivity index is 1.35. The van der Waals surface area contributed by atoms with Gasteiger partial charge in [-0.05, 0) is 54.3 Å². The Labute approximate surface area is 332 Å². The molecule has 12 nitrogen and oxygen atoms in total. The SMILES string of the molecule is Cn1nc(NS(C)(=O)=O)c2c(Cl)ccc(-n3c(C(Cc4cc(F)cc(F)c4)NC(=O)Cn4nc(C(F)F)c5c4C(F)(F)[C@@H]4C[C@H]54)nc4cc(C(C)(F)F)ccc4c3=O)c21. The first kappa shape index (κ1) is 40.2. The van der Waals surface area contributed by atoms with Crippen LogP contribution in [0.15, 0.2) is 53.3 Å². The van der Waals surface area contributed by atoms with E-state index in [0.717, 1.165) is 41.2 Å². The molecule has 3 atom stereocenters. The minimum Gasteiger partial charge on any atom is -0.344 e. The van der Waals surface area contributed by atoms with Crippen molar-refractivity contribution in [3.05, 3.63) is 109 Å². The molecule has 2 N–H and O–H groups in total. The summed E-state index contributed by atoms with van der Waals surface area (Å²) >= 11 is 6.54. The minimum atomic E-state index is -3.95. The van der Waals surface area contributed by atoms with E-state index in [1.165, 1.54) is 23.9 Å². The number of anilines is 1. The molecule has 0 bridgehead atoms. The topological polar surface area (TPSA) is 146 Å². The molecule has 1 saturated carbocycles. The number of nitrogens with zero attached hydrogens (tertiary/aromatic N) is 6. The molecular formula is C37H29ClF8N8O4S. The molecule has 3 heterocycles. The van der Waals surface area contributed by atoms with Crippen LogP contribution in [0.1, 0.15) is 65.6 Å². The fraction of sp³-hybridized carbons (Fsp3) is 0.324. The highest BCUT2D eigenvalue weighted by atomic mass is 35.5. The maximum atomic E-state index is 15.4. The number of aromatic nitrogens is 6. The number of hydrogen-bond donors (Lipinski definition) is 2. The van der Waals surface area contributed by atoms with E-state index in [9.17, 15) is 44.3 Å². The van der Waals surface area contributed by atoms with Crippen molar-refractivity contribution in [2.24, 2.45) is 13.0 Å². The van der Waals surface area contributed by atoms with E-state index in [1.54, 1.807) is 0 Å². The van der Waals surface area contributed by atoms with Gasteiger partial charge < -0.3 is 5.32 Å². The summed E-state index contributed by atoms with van der Waals surface area (Å²) in [6, 6.07) is 6.30. The highest BCUT2D eigenvalue weighted by Gasteiger charge is 2.67. The maximum absolute atomic E-state index is 15.4. The van der Waals surface area contributed by atoms with E-state index < -0.39 is 105 Å².